The average molecular weight is 662 g/mol. The van der Waals surface area contributed by atoms with Crippen LogP contribution in [0.25, 0.3) is 0 Å². The molecule has 1 saturated heterocycles. The van der Waals surface area contributed by atoms with Gasteiger partial charge in [0.2, 0.25) is 0 Å². The van der Waals surface area contributed by atoms with Crippen molar-refractivity contribution in [1.29, 1.82) is 0 Å². The number of halogens is 3. The van der Waals surface area contributed by atoms with E-state index in [-0.39, 0.29) is 49.1 Å². The molecule has 3 aromatic carbocycles. The summed E-state index contributed by atoms with van der Waals surface area (Å²) in [4.78, 5) is 45.8. The normalized spacial score (nSPS) is 16.9. The van der Waals surface area contributed by atoms with Crippen LogP contribution in [0.5, 0.6) is 0 Å². The Labute approximate surface area is 276 Å². The highest BCUT2D eigenvalue weighted by Gasteiger charge is 2.31. The molecule has 0 saturated carbocycles. The average Bonchev–Trinajstić information content (AvgIpc) is 3.13. The molecule has 2 aliphatic heterocycles. The zero-order valence-electron chi connectivity index (χ0n) is 25.2. The summed E-state index contributed by atoms with van der Waals surface area (Å²) in [6, 6.07) is 18.1. The van der Waals surface area contributed by atoms with Gasteiger partial charge in [0, 0.05) is 60.1 Å². The van der Waals surface area contributed by atoms with Gasteiger partial charge in [-0.1, -0.05) is 29.8 Å². The molecule has 3 aromatic rings. The van der Waals surface area contributed by atoms with E-state index in [2.05, 4.69) is 22.2 Å². The molecule has 0 bridgehead atoms. The topological polar surface area (TPSA) is 82.2 Å². The molecule has 1 atom stereocenters. The van der Waals surface area contributed by atoms with Crippen LogP contribution in [-0.4, -0.2) is 73.9 Å². The molecule has 2 amide bonds. The Kier molecular flexibility index (Phi) is 12.6. The van der Waals surface area contributed by atoms with Gasteiger partial charge in [0.15, 0.2) is 0 Å². The number of amides is 2. The van der Waals surface area contributed by atoms with E-state index in [4.69, 9.17) is 16.3 Å². The number of rotatable bonds is 6. The number of ether oxygens (including phenoxy) is 1. The highest BCUT2D eigenvalue weighted by molar-refractivity contribution is 6.30. The maximum absolute atomic E-state index is 13.9. The molecule has 0 aromatic heterocycles. The number of esters is 1. The zero-order chi connectivity index (χ0) is 29.8. The Morgan fingerprint density at radius 3 is 2.32 bits per heavy atom. The predicted octanol–water partition coefficient (Wildman–Crippen LogP) is 6.33. The molecular weight excluding hydrogens is 623 g/mol. The molecule has 0 spiro atoms. The third-order valence-corrected chi connectivity index (χ3v) is 8.28. The lowest BCUT2D eigenvalue weighted by Crippen LogP contribution is -2.46. The summed E-state index contributed by atoms with van der Waals surface area (Å²) in [6.07, 6.45) is 0.763. The van der Waals surface area contributed by atoms with Gasteiger partial charge in [-0.25, -0.2) is 0 Å². The zero-order valence-corrected chi connectivity index (χ0v) is 27.6. The van der Waals surface area contributed by atoms with Gasteiger partial charge < -0.3 is 19.9 Å². The summed E-state index contributed by atoms with van der Waals surface area (Å²) in [6.45, 7) is 7.98. The van der Waals surface area contributed by atoms with E-state index in [0.717, 1.165) is 42.9 Å². The first-order chi connectivity index (χ1) is 20.2. The first-order valence-corrected chi connectivity index (χ1v) is 14.8. The summed E-state index contributed by atoms with van der Waals surface area (Å²) in [7, 11) is 2.08. The van der Waals surface area contributed by atoms with Crippen LogP contribution >= 0.6 is 36.4 Å². The van der Waals surface area contributed by atoms with Crippen LogP contribution in [0.2, 0.25) is 5.02 Å². The lowest BCUT2D eigenvalue weighted by Gasteiger charge is -2.32. The molecule has 1 fully saturated rings. The van der Waals surface area contributed by atoms with E-state index in [1.54, 1.807) is 35.2 Å². The van der Waals surface area contributed by atoms with Crippen LogP contribution in [0.4, 0.5) is 11.4 Å². The molecule has 11 heteroatoms. The minimum absolute atomic E-state index is 0. The van der Waals surface area contributed by atoms with E-state index in [0.29, 0.717) is 46.9 Å². The third kappa shape index (κ3) is 8.31. The van der Waals surface area contributed by atoms with Gasteiger partial charge in [-0.05, 0) is 87.3 Å². The summed E-state index contributed by atoms with van der Waals surface area (Å²) < 4.78 is 6.01. The summed E-state index contributed by atoms with van der Waals surface area (Å²) in [5.74, 6) is -0.621. The molecule has 236 valence electrons. The fraction of sp³-hybridized carbons (Fsp3) is 0.364. The Balaban J connectivity index is 0.00000264. The molecule has 1 N–H and O–H groups in total. The SMILES string of the molecule is Cc1ccccc1C(=O)Nc1ccc(C(=O)N2CCCC(OC(=O)CN3CCN(C)CC3)c3cc(Cl)ccc32)c(C)c1.Cl.Cl. The standard InChI is InChI=1S/C33H37ClN4O4.2ClH/c1-22-7-4-5-8-26(22)32(40)35-25-11-12-27(23(2)19-25)33(41)38-14-6-9-30(28-20-24(34)10-13-29(28)38)42-31(39)21-37-17-15-36(3)16-18-37;;/h4-5,7-8,10-13,19-20,30H,6,9,14-18,21H2,1-3H3,(H,35,40);2*1H. The molecule has 0 aliphatic carbocycles. The molecule has 8 nitrogen and oxygen atoms in total. The van der Waals surface area contributed by atoms with Crippen molar-refractivity contribution in [3.05, 3.63) is 93.5 Å². The lowest BCUT2D eigenvalue weighted by molar-refractivity contribution is -0.151. The quantitative estimate of drug-likeness (QED) is 0.311. The summed E-state index contributed by atoms with van der Waals surface area (Å²) in [5, 5.41) is 3.46. The second-order valence-corrected chi connectivity index (χ2v) is 11.6. The highest BCUT2D eigenvalue weighted by atomic mass is 35.5. The van der Waals surface area contributed by atoms with E-state index in [1.807, 2.05) is 44.2 Å². The van der Waals surface area contributed by atoms with Crippen molar-refractivity contribution >= 4 is 65.6 Å². The predicted molar refractivity (Wildman–Crippen MR) is 180 cm³/mol. The van der Waals surface area contributed by atoms with Gasteiger partial charge in [0.05, 0.1) is 12.2 Å². The summed E-state index contributed by atoms with van der Waals surface area (Å²) >= 11 is 6.39. The number of nitrogens with zero attached hydrogens (tertiary/aromatic N) is 3. The molecular formula is C33H39Cl3N4O4. The molecule has 44 heavy (non-hydrogen) atoms. The number of fused-ring (bicyclic) bond motifs is 1. The van der Waals surface area contributed by atoms with Crippen LogP contribution in [0.3, 0.4) is 0 Å². The monoisotopic (exact) mass is 660 g/mol. The molecule has 0 radical (unpaired) electrons. The van der Waals surface area contributed by atoms with E-state index in [9.17, 15) is 14.4 Å². The number of likely N-dealkylation sites (N-methyl/N-ethyl adjacent to an activating group) is 1. The van der Waals surface area contributed by atoms with E-state index in [1.165, 1.54) is 0 Å². The van der Waals surface area contributed by atoms with Crippen LogP contribution in [0, 0.1) is 13.8 Å². The van der Waals surface area contributed by atoms with Crippen molar-refractivity contribution in [1.82, 2.24) is 9.80 Å². The summed E-state index contributed by atoms with van der Waals surface area (Å²) in [5.41, 5.74) is 4.83. The van der Waals surface area contributed by atoms with E-state index < -0.39 is 6.10 Å². The number of anilines is 2. The van der Waals surface area contributed by atoms with Gasteiger partial charge in [-0.15, -0.1) is 24.8 Å². The first-order valence-electron chi connectivity index (χ1n) is 14.4. The molecule has 2 heterocycles. The Hall–Kier alpha value is -3.14. The second kappa shape index (κ2) is 15.7. The van der Waals surface area contributed by atoms with Gasteiger partial charge >= 0.3 is 5.97 Å². The number of piperazine rings is 1. The second-order valence-electron chi connectivity index (χ2n) is 11.2. The number of aryl methyl sites for hydroxylation is 2. The number of carbonyl (C=O) groups is 3. The maximum atomic E-state index is 13.9. The number of benzene rings is 3. The molecule has 5 rings (SSSR count). The van der Waals surface area contributed by atoms with Crippen molar-refractivity contribution in [3.8, 4) is 0 Å². The van der Waals surface area contributed by atoms with Crippen molar-refractivity contribution < 1.29 is 19.1 Å². The number of hydrogen-bond donors (Lipinski definition) is 1. The molecule has 1 unspecified atom stereocenters. The van der Waals surface area contributed by atoms with Crippen molar-refractivity contribution in [3.63, 3.8) is 0 Å². The van der Waals surface area contributed by atoms with Crippen molar-refractivity contribution in [2.75, 3.05) is 56.5 Å². The van der Waals surface area contributed by atoms with Crippen molar-refractivity contribution in [2.24, 2.45) is 0 Å². The third-order valence-electron chi connectivity index (χ3n) is 8.05. The number of hydrogen-bond acceptors (Lipinski definition) is 6. The van der Waals surface area contributed by atoms with Gasteiger partial charge in [0.1, 0.15) is 6.10 Å². The fourth-order valence-electron chi connectivity index (χ4n) is 5.61. The lowest BCUT2D eigenvalue weighted by atomic mass is 10.0. The number of nitrogens with one attached hydrogen (secondary N) is 1. The van der Waals surface area contributed by atoms with Crippen LogP contribution in [0.15, 0.2) is 60.7 Å². The number of carbonyl (C=O) groups excluding carboxylic acids is 3. The van der Waals surface area contributed by atoms with Crippen molar-refractivity contribution in [2.45, 2.75) is 32.8 Å². The minimum Gasteiger partial charge on any atom is -0.456 e. The van der Waals surface area contributed by atoms with E-state index >= 15 is 0 Å². The Morgan fingerprint density at radius 1 is 0.886 bits per heavy atom. The Bertz CT molecular complexity index is 1490. The minimum atomic E-state index is -0.489. The van der Waals surface area contributed by atoms with Crippen LogP contribution in [0.1, 0.15) is 56.4 Å². The first kappa shape index (κ1) is 35.3. The van der Waals surface area contributed by atoms with Crippen LogP contribution < -0.4 is 10.2 Å². The fourth-order valence-corrected chi connectivity index (χ4v) is 5.79. The largest absolute Gasteiger partial charge is 0.456 e. The van der Waals surface area contributed by atoms with Gasteiger partial charge in [-0.3, -0.25) is 19.3 Å². The Morgan fingerprint density at radius 2 is 1.61 bits per heavy atom. The van der Waals surface area contributed by atoms with Gasteiger partial charge in [0.25, 0.3) is 11.8 Å². The van der Waals surface area contributed by atoms with Crippen LogP contribution in [-0.2, 0) is 9.53 Å². The maximum Gasteiger partial charge on any atom is 0.320 e. The molecule has 2 aliphatic rings. The van der Waals surface area contributed by atoms with Gasteiger partial charge in [-0.2, -0.15) is 0 Å². The highest BCUT2D eigenvalue weighted by Crippen LogP contribution is 2.38. The smallest absolute Gasteiger partial charge is 0.320 e.